The first-order valence-corrected chi connectivity index (χ1v) is 5.33. The Morgan fingerprint density at radius 1 is 1.38 bits per heavy atom. The van der Waals surface area contributed by atoms with E-state index in [1.54, 1.807) is 6.07 Å². The molecule has 1 rings (SSSR count). The zero-order valence-corrected chi connectivity index (χ0v) is 10.3. The molecule has 0 saturated carbocycles. The van der Waals surface area contributed by atoms with Crippen LogP contribution in [0.15, 0.2) is 12.1 Å². The van der Waals surface area contributed by atoms with Crippen LogP contribution in [0.5, 0.6) is 5.75 Å². The van der Waals surface area contributed by atoms with Gasteiger partial charge >= 0.3 is 0 Å². The molecule has 3 N–H and O–H groups in total. The fraction of sp³-hybridized carbons (Fsp3) is 0.462. The molecule has 0 radical (unpaired) electrons. The third kappa shape index (κ3) is 2.54. The summed E-state index contributed by atoms with van der Waals surface area (Å²) in [6.07, 6.45) is 0.227. The van der Waals surface area contributed by atoms with E-state index < -0.39 is 5.41 Å². The van der Waals surface area contributed by atoms with Crippen molar-refractivity contribution in [2.24, 2.45) is 5.73 Å². The molecule has 0 heterocycles. The van der Waals surface area contributed by atoms with Gasteiger partial charge in [0.1, 0.15) is 5.75 Å². The Morgan fingerprint density at radius 2 is 1.94 bits per heavy atom. The van der Waals surface area contributed by atoms with Crippen molar-refractivity contribution in [1.29, 1.82) is 0 Å². The van der Waals surface area contributed by atoms with Crippen molar-refractivity contribution in [3.63, 3.8) is 0 Å². The minimum absolute atomic E-state index is 0.227. The van der Waals surface area contributed by atoms with Gasteiger partial charge in [-0.2, -0.15) is 0 Å². The van der Waals surface area contributed by atoms with Crippen LogP contribution in [0.2, 0.25) is 0 Å². The van der Waals surface area contributed by atoms with Gasteiger partial charge in [0.2, 0.25) is 5.91 Å². The van der Waals surface area contributed by atoms with Gasteiger partial charge < -0.3 is 10.8 Å². The molecule has 3 nitrogen and oxygen atoms in total. The maximum Gasteiger partial charge on any atom is 0.218 e. The summed E-state index contributed by atoms with van der Waals surface area (Å²) in [5.41, 5.74) is 7.59. The highest BCUT2D eigenvalue weighted by molar-refractivity contribution is 5.75. The van der Waals surface area contributed by atoms with Crippen molar-refractivity contribution < 1.29 is 9.90 Å². The fourth-order valence-corrected chi connectivity index (χ4v) is 2.35. The molecule has 0 bridgehead atoms. The summed E-state index contributed by atoms with van der Waals surface area (Å²) >= 11 is 0. The number of nitrogens with two attached hydrogens (primary N) is 1. The summed E-state index contributed by atoms with van der Waals surface area (Å²) in [6.45, 7) is 7.69. The SMILES string of the molecule is Cc1cc(C)c(C(C)(C)CC(N)=O)c(O)c1. The van der Waals surface area contributed by atoms with E-state index in [-0.39, 0.29) is 18.1 Å². The highest BCUT2D eigenvalue weighted by Crippen LogP contribution is 2.36. The van der Waals surface area contributed by atoms with Crippen molar-refractivity contribution in [2.75, 3.05) is 0 Å². The molecule has 0 aliphatic rings. The lowest BCUT2D eigenvalue weighted by molar-refractivity contribution is -0.119. The van der Waals surface area contributed by atoms with Crippen molar-refractivity contribution in [3.05, 3.63) is 28.8 Å². The minimum Gasteiger partial charge on any atom is -0.508 e. The second-order valence-corrected chi connectivity index (χ2v) is 5.00. The van der Waals surface area contributed by atoms with E-state index in [1.807, 2.05) is 33.8 Å². The highest BCUT2D eigenvalue weighted by Gasteiger charge is 2.27. The third-order valence-electron chi connectivity index (χ3n) is 2.75. The molecule has 0 saturated heterocycles. The first kappa shape index (κ1) is 12.6. The predicted molar refractivity (Wildman–Crippen MR) is 64.4 cm³/mol. The largest absolute Gasteiger partial charge is 0.508 e. The number of aromatic hydroxyl groups is 1. The summed E-state index contributed by atoms with van der Waals surface area (Å²) in [7, 11) is 0. The Bertz CT molecular complexity index is 399. The number of rotatable bonds is 3. The number of hydrogen-bond donors (Lipinski definition) is 2. The molecule has 0 aromatic heterocycles. The van der Waals surface area contributed by atoms with Crippen LogP contribution >= 0.6 is 0 Å². The molecular weight excluding hydrogens is 202 g/mol. The molecule has 0 unspecified atom stereocenters. The van der Waals surface area contributed by atoms with E-state index in [4.69, 9.17) is 5.73 Å². The first-order chi connectivity index (χ1) is 7.24. The second-order valence-electron chi connectivity index (χ2n) is 5.00. The molecule has 16 heavy (non-hydrogen) atoms. The lowest BCUT2D eigenvalue weighted by atomic mass is 9.78. The zero-order valence-electron chi connectivity index (χ0n) is 10.3. The number of carbonyl (C=O) groups is 1. The van der Waals surface area contributed by atoms with Gasteiger partial charge in [0.05, 0.1) is 0 Å². The van der Waals surface area contributed by atoms with E-state index in [2.05, 4.69) is 0 Å². The maximum absolute atomic E-state index is 11.0. The number of phenols is 1. The molecule has 3 heteroatoms. The Hall–Kier alpha value is -1.51. The van der Waals surface area contributed by atoms with Crippen LogP contribution in [-0.2, 0) is 10.2 Å². The zero-order chi connectivity index (χ0) is 12.5. The normalized spacial score (nSPS) is 11.5. The number of primary amides is 1. The smallest absolute Gasteiger partial charge is 0.218 e. The molecule has 88 valence electrons. The third-order valence-corrected chi connectivity index (χ3v) is 2.75. The van der Waals surface area contributed by atoms with Crippen LogP contribution in [-0.4, -0.2) is 11.0 Å². The minimum atomic E-state index is -0.437. The summed E-state index contributed by atoms with van der Waals surface area (Å²) < 4.78 is 0. The molecular formula is C13H19NO2. The number of amides is 1. The average Bonchev–Trinajstić information content (AvgIpc) is 1.96. The monoisotopic (exact) mass is 221 g/mol. The molecule has 0 aliphatic heterocycles. The van der Waals surface area contributed by atoms with E-state index >= 15 is 0 Å². The predicted octanol–water partition coefficient (Wildman–Crippen LogP) is 2.16. The van der Waals surface area contributed by atoms with Gasteiger partial charge in [-0.15, -0.1) is 0 Å². The van der Waals surface area contributed by atoms with Gasteiger partial charge in [0, 0.05) is 17.4 Å². The number of hydrogen-bond acceptors (Lipinski definition) is 2. The van der Waals surface area contributed by atoms with Crippen molar-refractivity contribution in [3.8, 4) is 5.75 Å². The standard InChI is InChI=1S/C13H19NO2/c1-8-5-9(2)12(10(15)6-8)13(3,4)7-11(14)16/h5-6,15H,7H2,1-4H3,(H2,14,16). The van der Waals surface area contributed by atoms with Crippen LogP contribution in [0.25, 0.3) is 0 Å². The van der Waals surface area contributed by atoms with Crippen molar-refractivity contribution >= 4 is 5.91 Å². The van der Waals surface area contributed by atoms with Crippen molar-refractivity contribution in [2.45, 2.75) is 39.5 Å². The Kier molecular flexibility index (Phi) is 3.27. The average molecular weight is 221 g/mol. The molecule has 0 aliphatic carbocycles. The van der Waals surface area contributed by atoms with Gasteiger partial charge in [-0.3, -0.25) is 4.79 Å². The van der Waals surface area contributed by atoms with Crippen LogP contribution in [0.4, 0.5) is 0 Å². The van der Waals surface area contributed by atoms with E-state index in [0.29, 0.717) is 0 Å². The quantitative estimate of drug-likeness (QED) is 0.821. The van der Waals surface area contributed by atoms with Crippen molar-refractivity contribution in [1.82, 2.24) is 0 Å². The summed E-state index contributed by atoms with van der Waals surface area (Å²) in [5, 5.41) is 9.97. The van der Waals surface area contributed by atoms with E-state index in [1.165, 1.54) is 0 Å². The summed E-state index contributed by atoms with van der Waals surface area (Å²) in [6, 6.07) is 3.71. The van der Waals surface area contributed by atoms with Gasteiger partial charge in [0.15, 0.2) is 0 Å². The topological polar surface area (TPSA) is 63.3 Å². The number of aryl methyl sites for hydroxylation is 2. The Balaban J connectivity index is 3.27. The molecule has 1 aromatic carbocycles. The first-order valence-electron chi connectivity index (χ1n) is 5.33. The van der Waals surface area contributed by atoms with Gasteiger partial charge in [-0.05, 0) is 31.0 Å². The van der Waals surface area contributed by atoms with Crippen LogP contribution in [0.3, 0.4) is 0 Å². The number of phenolic OH excluding ortho intramolecular Hbond substituents is 1. The van der Waals surface area contributed by atoms with Gasteiger partial charge in [-0.1, -0.05) is 19.9 Å². The maximum atomic E-state index is 11.0. The molecule has 1 aromatic rings. The Labute approximate surface area is 96.3 Å². The highest BCUT2D eigenvalue weighted by atomic mass is 16.3. The fourth-order valence-electron chi connectivity index (χ4n) is 2.35. The van der Waals surface area contributed by atoms with E-state index in [0.717, 1.165) is 16.7 Å². The molecule has 0 fully saturated rings. The summed E-state index contributed by atoms with van der Waals surface area (Å²) in [4.78, 5) is 11.0. The summed E-state index contributed by atoms with van der Waals surface area (Å²) in [5.74, 6) is -0.117. The number of benzene rings is 1. The van der Waals surface area contributed by atoms with E-state index in [9.17, 15) is 9.90 Å². The lowest BCUT2D eigenvalue weighted by Gasteiger charge is -2.27. The lowest BCUT2D eigenvalue weighted by Crippen LogP contribution is -2.27. The second kappa shape index (κ2) is 4.16. The molecule has 0 spiro atoms. The number of carbonyl (C=O) groups excluding carboxylic acids is 1. The van der Waals surface area contributed by atoms with Crippen LogP contribution < -0.4 is 5.73 Å². The van der Waals surface area contributed by atoms with Gasteiger partial charge in [-0.25, -0.2) is 0 Å². The van der Waals surface area contributed by atoms with Gasteiger partial charge in [0.25, 0.3) is 0 Å². The van der Waals surface area contributed by atoms with Crippen LogP contribution in [0.1, 0.15) is 37.0 Å². The molecule has 0 atom stereocenters. The molecule has 1 amide bonds. The van der Waals surface area contributed by atoms with Crippen LogP contribution in [0, 0.1) is 13.8 Å². The Morgan fingerprint density at radius 3 is 2.38 bits per heavy atom.